The van der Waals surface area contributed by atoms with E-state index in [9.17, 15) is 14.7 Å². The van der Waals surface area contributed by atoms with Crippen molar-refractivity contribution in [2.75, 3.05) is 44.6 Å². The number of aliphatic hydroxyl groups is 1. The number of carbonyl (C=O) groups is 2. The van der Waals surface area contributed by atoms with E-state index in [2.05, 4.69) is 32.6 Å². The number of rotatable bonds is 14. The molecule has 0 saturated carbocycles. The van der Waals surface area contributed by atoms with Crippen molar-refractivity contribution in [1.29, 1.82) is 0 Å². The summed E-state index contributed by atoms with van der Waals surface area (Å²) >= 11 is 0. The van der Waals surface area contributed by atoms with Gasteiger partial charge >= 0.3 is 0 Å². The van der Waals surface area contributed by atoms with Crippen molar-refractivity contribution in [3.8, 4) is 0 Å². The molecule has 3 aliphatic rings. The molecule has 240 valence electrons. The van der Waals surface area contributed by atoms with E-state index in [4.69, 9.17) is 9.47 Å². The molecule has 0 aliphatic carbocycles. The van der Waals surface area contributed by atoms with Gasteiger partial charge in [-0.25, -0.2) is 0 Å². The van der Waals surface area contributed by atoms with Crippen molar-refractivity contribution in [3.63, 3.8) is 0 Å². The molecular weight excluding hydrogens is 556 g/mol. The lowest BCUT2D eigenvalue weighted by atomic mass is 9.99. The van der Waals surface area contributed by atoms with Crippen molar-refractivity contribution >= 4 is 17.5 Å². The van der Waals surface area contributed by atoms with Crippen molar-refractivity contribution < 1.29 is 24.2 Å². The second-order valence-corrected chi connectivity index (χ2v) is 12.6. The third kappa shape index (κ3) is 9.59. The van der Waals surface area contributed by atoms with Crippen molar-refractivity contribution in [3.05, 3.63) is 65.2 Å². The largest absolute Gasteiger partial charge is 0.392 e. The number of likely N-dealkylation sites (tertiary alicyclic amines) is 2. The number of amides is 2. The summed E-state index contributed by atoms with van der Waals surface area (Å²) in [6.07, 6.45) is 8.30. The molecule has 3 aliphatic heterocycles. The van der Waals surface area contributed by atoms with Gasteiger partial charge in [-0.05, 0) is 81.4 Å². The van der Waals surface area contributed by atoms with Gasteiger partial charge in [0.2, 0.25) is 11.8 Å². The number of benzene rings is 2. The van der Waals surface area contributed by atoms with Gasteiger partial charge in [-0.2, -0.15) is 0 Å². The van der Waals surface area contributed by atoms with Crippen LogP contribution in [0.5, 0.6) is 0 Å². The van der Waals surface area contributed by atoms with Crippen LogP contribution in [0.3, 0.4) is 0 Å². The summed E-state index contributed by atoms with van der Waals surface area (Å²) in [6, 6.07) is 16.4. The zero-order valence-electron chi connectivity index (χ0n) is 26.2. The number of nitrogens with zero attached hydrogens (tertiary/aromatic N) is 2. The molecule has 3 heterocycles. The Bertz CT molecular complexity index is 1180. The number of anilines is 1. The maximum atomic E-state index is 12.5. The van der Waals surface area contributed by atoms with E-state index in [1.165, 1.54) is 45.7 Å². The summed E-state index contributed by atoms with van der Waals surface area (Å²) in [6.45, 7) is 7.80. The monoisotopic (exact) mass is 606 g/mol. The lowest BCUT2D eigenvalue weighted by Crippen LogP contribution is -2.45. The topological polar surface area (TPSA) is 103 Å². The lowest BCUT2D eigenvalue weighted by Gasteiger charge is -2.39. The summed E-state index contributed by atoms with van der Waals surface area (Å²) in [5, 5.41) is 15.3. The fourth-order valence-electron chi connectivity index (χ4n) is 6.70. The number of hydrogen-bond donors (Lipinski definition) is 3. The second kappa shape index (κ2) is 16.5. The summed E-state index contributed by atoms with van der Waals surface area (Å²) < 4.78 is 13.2. The third-order valence-electron chi connectivity index (χ3n) is 9.14. The number of unbranched alkanes of at least 4 members (excludes halogenated alkanes) is 2. The lowest BCUT2D eigenvalue weighted by molar-refractivity contribution is -0.253. The molecule has 2 aromatic rings. The van der Waals surface area contributed by atoms with Crippen molar-refractivity contribution in [2.24, 2.45) is 0 Å². The van der Waals surface area contributed by atoms with Crippen LogP contribution in [-0.4, -0.2) is 78.1 Å². The van der Waals surface area contributed by atoms with Gasteiger partial charge in [0.05, 0.1) is 18.8 Å². The Morgan fingerprint density at radius 2 is 1.64 bits per heavy atom. The van der Waals surface area contributed by atoms with Crippen LogP contribution in [0.4, 0.5) is 5.69 Å². The number of ether oxygens (including phenoxy) is 2. The summed E-state index contributed by atoms with van der Waals surface area (Å²) in [5.74, 6) is -0.0332. The Labute approximate surface area is 262 Å². The van der Waals surface area contributed by atoms with Gasteiger partial charge in [0.1, 0.15) is 0 Å². The molecular formula is C35H50N4O5. The van der Waals surface area contributed by atoms with Gasteiger partial charge in [0.25, 0.3) is 0 Å². The third-order valence-corrected chi connectivity index (χ3v) is 9.14. The molecule has 5 rings (SSSR count). The molecule has 3 N–H and O–H groups in total. The van der Waals surface area contributed by atoms with E-state index in [0.717, 1.165) is 67.7 Å². The standard InChI is InChI=1S/C35H50N4O5/c1-26(41)36-18-4-2-3-9-34(42)37-30-16-14-29(15-17-30)35-43-32(22-33(44-35)28-12-10-27(25-40)11-13-28)24-39-21-7-8-31(39)23-38-19-5-6-20-38/h10-17,31-33,35,40H,2-9,18-25H2,1H3,(H,36,41)(H,37,42)/t31-,32-,33+,35+/m0/s1. The van der Waals surface area contributed by atoms with Crippen LogP contribution in [0, 0.1) is 0 Å². The van der Waals surface area contributed by atoms with Crippen LogP contribution >= 0.6 is 0 Å². The van der Waals surface area contributed by atoms with E-state index in [-0.39, 0.29) is 30.6 Å². The fraction of sp³-hybridized carbons (Fsp3) is 0.600. The molecule has 2 amide bonds. The van der Waals surface area contributed by atoms with Crippen molar-refractivity contribution in [1.82, 2.24) is 15.1 Å². The quantitative estimate of drug-likeness (QED) is 0.263. The zero-order chi connectivity index (χ0) is 30.7. The molecule has 0 unspecified atom stereocenters. The van der Waals surface area contributed by atoms with Crippen LogP contribution in [0.15, 0.2) is 48.5 Å². The van der Waals surface area contributed by atoms with Crippen molar-refractivity contribution in [2.45, 2.75) is 95.9 Å². The first-order chi connectivity index (χ1) is 21.5. The summed E-state index contributed by atoms with van der Waals surface area (Å²) in [5.41, 5.74) is 3.66. The predicted molar refractivity (Wildman–Crippen MR) is 171 cm³/mol. The molecule has 3 fully saturated rings. The molecule has 9 nitrogen and oxygen atoms in total. The smallest absolute Gasteiger partial charge is 0.224 e. The average Bonchev–Trinajstić information content (AvgIpc) is 3.71. The fourth-order valence-corrected chi connectivity index (χ4v) is 6.70. The highest BCUT2D eigenvalue weighted by atomic mass is 16.7. The Hall–Kier alpha value is -2.82. The van der Waals surface area contributed by atoms with Gasteiger partial charge < -0.3 is 30.1 Å². The molecule has 0 radical (unpaired) electrons. The molecule has 9 heteroatoms. The van der Waals surface area contributed by atoms with E-state index >= 15 is 0 Å². The molecule has 0 bridgehead atoms. The van der Waals surface area contributed by atoms with E-state index in [1.807, 2.05) is 36.4 Å². The Morgan fingerprint density at radius 3 is 2.36 bits per heavy atom. The normalized spacial score (nSPS) is 24.4. The molecule has 0 spiro atoms. The van der Waals surface area contributed by atoms with Gasteiger partial charge in [-0.3, -0.25) is 14.5 Å². The van der Waals surface area contributed by atoms with Crippen LogP contribution in [0.25, 0.3) is 0 Å². The Morgan fingerprint density at radius 1 is 0.886 bits per heavy atom. The Balaban J connectivity index is 1.19. The van der Waals surface area contributed by atoms with Crippen LogP contribution < -0.4 is 10.6 Å². The maximum Gasteiger partial charge on any atom is 0.224 e. The highest BCUT2D eigenvalue weighted by Gasteiger charge is 2.36. The average molecular weight is 607 g/mol. The zero-order valence-corrected chi connectivity index (χ0v) is 26.2. The molecule has 3 saturated heterocycles. The van der Waals surface area contributed by atoms with Gasteiger partial charge in [0.15, 0.2) is 6.29 Å². The van der Waals surface area contributed by atoms with E-state index in [1.54, 1.807) is 0 Å². The molecule has 2 aromatic carbocycles. The first-order valence-corrected chi connectivity index (χ1v) is 16.6. The number of aliphatic hydroxyl groups excluding tert-OH is 1. The number of hydrogen-bond acceptors (Lipinski definition) is 7. The van der Waals surface area contributed by atoms with Gasteiger partial charge in [0, 0.05) is 56.7 Å². The Kier molecular flexibility index (Phi) is 12.2. The number of carbonyl (C=O) groups excluding carboxylic acids is 2. The summed E-state index contributed by atoms with van der Waals surface area (Å²) in [4.78, 5) is 28.7. The van der Waals surface area contributed by atoms with E-state index < -0.39 is 6.29 Å². The van der Waals surface area contributed by atoms with Crippen LogP contribution in [0.2, 0.25) is 0 Å². The molecule has 4 atom stereocenters. The second-order valence-electron chi connectivity index (χ2n) is 12.6. The minimum Gasteiger partial charge on any atom is -0.392 e. The SMILES string of the molecule is CC(=O)NCCCCCC(=O)Nc1ccc([C@@H]2O[C@H](CN3CCC[C@H]3CN3CCCC3)C[C@H](c3ccc(CO)cc3)O2)cc1. The van der Waals surface area contributed by atoms with Gasteiger partial charge in [-0.15, -0.1) is 0 Å². The minimum atomic E-state index is -0.510. The highest BCUT2D eigenvalue weighted by Crippen LogP contribution is 2.39. The van der Waals surface area contributed by atoms with E-state index in [0.29, 0.717) is 19.0 Å². The van der Waals surface area contributed by atoms with Gasteiger partial charge in [-0.1, -0.05) is 42.8 Å². The maximum absolute atomic E-state index is 12.5. The molecule has 44 heavy (non-hydrogen) atoms. The van der Waals surface area contributed by atoms with Crippen LogP contribution in [-0.2, 0) is 25.7 Å². The highest BCUT2D eigenvalue weighted by molar-refractivity contribution is 5.90. The molecule has 0 aromatic heterocycles. The predicted octanol–water partition coefficient (Wildman–Crippen LogP) is 4.92. The first-order valence-electron chi connectivity index (χ1n) is 16.6. The minimum absolute atomic E-state index is 0.0111. The van der Waals surface area contributed by atoms with Crippen LogP contribution in [0.1, 0.15) is 93.8 Å². The summed E-state index contributed by atoms with van der Waals surface area (Å²) in [7, 11) is 0. The number of nitrogens with one attached hydrogen (secondary N) is 2. The first kappa shape index (κ1) is 32.6.